The molecule has 2 aliphatic rings. The van der Waals surface area contributed by atoms with Crippen LogP contribution < -0.4 is 10.1 Å². The SMILES string of the molecule is Clc1ccc(C2N=C(c3cccc4c3OCC4)NC2c2ccc(Cl)cc2)cc1. The summed E-state index contributed by atoms with van der Waals surface area (Å²) in [6.07, 6.45) is 0.942. The van der Waals surface area contributed by atoms with Crippen molar-refractivity contribution in [2.75, 3.05) is 6.61 Å². The summed E-state index contributed by atoms with van der Waals surface area (Å²) in [6, 6.07) is 22.0. The van der Waals surface area contributed by atoms with Gasteiger partial charge in [0.1, 0.15) is 17.6 Å². The Labute approximate surface area is 174 Å². The number of benzene rings is 3. The van der Waals surface area contributed by atoms with E-state index in [0.717, 1.165) is 51.3 Å². The van der Waals surface area contributed by atoms with Gasteiger partial charge in [0.05, 0.1) is 18.2 Å². The van der Waals surface area contributed by atoms with Crippen molar-refractivity contribution < 1.29 is 4.74 Å². The van der Waals surface area contributed by atoms with Crippen molar-refractivity contribution in [1.29, 1.82) is 0 Å². The molecule has 0 amide bonds. The normalized spacial score (nSPS) is 20.3. The summed E-state index contributed by atoms with van der Waals surface area (Å²) in [7, 11) is 0. The highest BCUT2D eigenvalue weighted by atomic mass is 35.5. The van der Waals surface area contributed by atoms with Crippen LogP contribution in [0.4, 0.5) is 0 Å². The second-order valence-corrected chi connectivity index (χ2v) is 7.91. The molecule has 5 heteroatoms. The molecule has 0 aromatic heterocycles. The fourth-order valence-electron chi connectivity index (χ4n) is 3.89. The summed E-state index contributed by atoms with van der Waals surface area (Å²) in [5, 5.41) is 5.07. The maximum Gasteiger partial charge on any atom is 0.133 e. The van der Waals surface area contributed by atoms with E-state index in [1.807, 2.05) is 48.5 Å². The van der Waals surface area contributed by atoms with E-state index in [0.29, 0.717) is 0 Å². The monoisotopic (exact) mass is 408 g/mol. The molecule has 0 radical (unpaired) electrons. The van der Waals surface area contributed by atoms with Gasteiger partial charge >= 0.3 is 0 Å². The van der Waals surface area contributed by atoms with Gasteiger partial charge in [0.2, 0.25) is 0 Å². The number of halogens is 2. The number of nitrogens with zero attached hydrogens (tertiary/aromatic N) is 1. The van der Waals surface area contributed by atoms with E-state index in [1.54, 1.807) is 0 Å². The van der Waals surface area contributed by atoms with E-state index in [1.165, 1.54) is 5.56 Å². The molecule has 5 rings (SSSR count). The van der Waals surface area contributed by atoms with Crippen molar-refractivity contribution in [3.8, 4) is 5.75 Å². The highest BCUT2D eigenvalue weighted by Crippen LogP contribution is 2.40. The number of hydrogen-bond donors (Lipinski definition) is 1. The first-order valence-electron chi connectivity index (χ1n) is 9.29. The summed E-state index contributed by atoms with van der Waals surface area (Å²) >= 11 is 12.2. The van der Waals surface area contributed by atoms with Gasteiger partial charge < -0.3 is 10.1 Å². The standard InChI is InChI=1S/C23H18Cl2N2O/c24-17-8-4-14(5-9-17)20-21(15-6-10-18(25)11-7-15)27-23(26-20)19-3-1-2-16-12-13-28-22(16)19/h1-11,20-21H,12-13H2,(H,26,27). The molecule has 0 spiro atoms. The molecular formula is C23H18Cl2N2O. The maximum absolute atomic E-state index is 6.10. The van der Waals surface area contributed by atoms with E-state index in [9.17, 15) is 0 Å². The lowest BCUT2D eigenvalue weighted by Gasteiger charge is -2.20. The molecule has 2 unspecified atom stereocenters. The fourth-order valence-corrected chi connectivity index (χ4v) is 4.14. The first-order chi connectivity index (χ1) is 13.7. The Balaban J connectivity index is 1.58. The predicted octanol–water partition coefficient (Wildman–Crippen LogP) is 5.76. The largest absolute Gasteiger partial charge is 0.492 e. The van der Waals surface area contributed by atoms with Crippen molar-refractivity contribution >= 4 is 29.0 Å². The lowest BCUT2D eigenvalue weighted by Crippen LogP contribution is -2.25. The molecule has 2 aliphatic heterocycles. The average Bonchev–Trinajstić information content (AvgIpc) is 3.36. The van der Waals surface area contributed by atoms with E-state index >= 15 is 0 Å². The van der Waals surface area contributed by atoms with Gasteiger partial charge in [-0.3, -0.25) is 4.99 Å². The molecule has 3 aromatic carbocycles. The van der Waals surface area contributed by atoms with Gasteiger partial charge in [-0.05, 0) is 47.0 Å². The number of hydrogen-bond acceptors (Lipinski definition) is 3. The van der Waals surface area contributed by atoms with E-state index in [4.69, 9.17) is 32.9 Å². The van der Waals surface area contributed by atoms with Crippen LogP contribution in [0.15, 0.2) is 71.7 Å². The Bertz CT molecular complexity index is 1050. The minimum Gasteiger partial charge on any atom is -0.492 e. The lowest BCUT2D eigenvalue weighted by atomic mass is 9.95. The zero-order valence-electron chi connectivity index (χ0n) is 15.0. The summed E-state index contributed by atoms with van der Waals surface area (Å²) in [4.78, 5) is 5.07. The van der Waals surface area contributed by atoms with Gasteiger partial charge in [-0.1, -0.05) is 59.6 Å². The third-order valence-corrected chi connectivity index (χ3v) is 5.79. The zero-order chi connectivity index (χ0) is 19.1. The zero-order valence-corrected chi connectivity index (χ0v) is 16.5. The molecule has 0 fully saturated rings. The Hall–Kier alpha value is -2.49. The second kappa shape index (κ2) is 7.16. The number of rotatable bonds is 3. The molecule has 28 heavy (non-hydrogen) atoms. The van der Waals surface area contributed by atoms with Gasteiger partial charge in [-0.15, -0.1) is 0 Å². The topological polar surface area (TPSA) is 33.6 Å². The molecule has 0 aliphatic carbocycles. The van der Waals surface area contributed by atoms with Crippen LogP contribution in [0.2, 0.25) is 10.0 Å². The molecule has 1 N–H and O–H groups in total. The van der Waals surface area contributed by atoms with Crippen LogP contribution >= 0.6 is 23.2 Å². The number of ether oxygens (including phenoxy) is 1. The Kier molecular flexibility index (Phi) is 4.50. The van der Waals surface area contributed by atoms with Gasteiger partial charge in [0, 0.05) is 16.5 Å². The molecule has 2 atom stereocenters. The van der Waals surface area contributed by atoms with Crippen LogP contribution in [-0.2, 0) is 6.42 Å². The van der Waals surface area contributed by atoms with Crippen molar-refractivity contribution in [3.63, 3.8) is 0 Å². The van der Waals surface area contributed by atoms with Crippen LogP contribution in [0.5, 0.6) is 5.75 Å². The first kappa shape index (κ1) is 17.6. The van der Waals surface area contributed by atoms with Crippen LogP contribution in [0.25, 0.3) is 0 Å². The quantitative estimate of drug-likeness (QED) is 0.597. The molecule has 0 bridgehead atoms. The van der Waals surface area contributed by atoms with Crippen LogP contribution in [0.1, 0.15) is 34.3 Å². The maximum atomic E-state index is 6.10. The lowest BCUT2D eigenvalue weighted by molar-refractivity contribution is 0.356. The van der Waals surface area contributed by atoms with Gasteiger partial charge in [0.25, 0.3) is 0 Å². The molecular weight excluding hydrogens is 391 g/mol. The smallest absolute Gasteiger partial charge is 0.133 e. The highest BCUT2D eigenvalue weighted by Gasteiger charge is 2.33. The highest BCUT2D eigenvalue weighted by molar-refractivity contribution is 6.30. The molecule has 3 nitrogen and oxygen atoms in total. The Morgan fingerprint density at radius 2 is 1.54 bits per heavy atom. The van der Waals surface area contributed by atoms with E-state index in [2.05, 4.69) is 23.5 Å². The number of para-hydroxylation sites is 1. The van der Waals surface area contributed by atoms with Crippen molar-refractivity contribution in [2.45, 2.75) is 18.5 Å². The van der Waals surface area contributed by atoms with Crippen LogP contribution in [0.3, 0.4) is 0 Å². The number of fused-ring (bicyclic) bond motifs is 1. The van der Waals surface area contributed by atoms with Gasteiger partial charge in [-0.25, -0.2) is 0 Å². The Morgan fingerprint density at radius 3 is 2.25 bits per heavy atom. The summed E-state index contributed by atoms with van der Waals surface area (Å²) in [5.41, 5.74) is 4.50. The fraction of sp³-hybridized carbons (Fsp3) is 0.174. The van der Waals surface area contributed by atoms with Crippen molar-refractivity contribution in [2.24, 2.45) is 4.99 Å². The number of nitrogens with one attached hydrogen (secondary N) is 1. The molecule has 140 valence electrons. The summed E-state index contributed by atoms with van der Waals surface area (Å²) < 4.78 is 5.90. The molecule has 0 saturated heterocycles. The third-order valence-electron chi connectivity index (χ3n) is 5.29. The van der Waals surface area contributed by atoms with E-state index in [-0.39, 0.29) is 12.1 Å². The van der Waals surface area contributed by atoms with Gasteiger partial charge in [-0.2, -0.15) is 0 Å². The number of aliphatic imine (C=N–C) groups is 1. The van der Waals surface area contributed by atoms with Crippen molar-refractivity contribution in [3.05, 3.63) is 99.0 Å². The first-order valence-corrected chi connectivity index (χ1v) is 10.0. The third kappa shape index (κ3) is 3.15. The second-order valence-electron chi connectivity index (χ2n) is 7.04. The Morgan fingerprint density at radius 1 is 0.857 bits per heavy atom. The summed E-state index contributed by atoms with van der Waals surface area (Å²) in [6.45, 7) is 0.723. The molecule has 3 aromatic rings. The summed E-state index contributed by atoms with van der Waals surface area (Å²) in [5.74, 6) is 1.80. The average molecular weight is 409 g/mol. The minimum absolute atomic E-state index is 0.00528. The number of amidine groups is 1. The van der Waals surface area contributed by atoms with Crippen LogP contribution in [0, 0.1) is 0 Å². The predicted molar refractivity (Wildman–Crippen MR) is 114 cm³/mol. The minimum atomic E-state index is -0.0642. The van der Waals surface area contributed by atoms with Crippen LogP contribution in [-0.4, -0.2) is 12.4 Å². The molecule has 0 saturated carbocycles. The van der Waals surface area contributed by atoms with Crippen molar-refractivity contribution in [1.82, 2.24) is 5.32 Å². The van der Waals surface area contributed by atoms with E-state index < -0.39 is 0 Å². The van der Waals surface area contributed by atoms with Gasteiger partial charge in [0.15, 0.2) is 0 Å². The molecule has 2 heterocycles.